The number of amides is 2. The maximum atomic E-state index is 14.1. The topological polar surface area (TPSA) is 138 Å². The number of nitrogens with two attached hydrogens (primary N) is 2. The van der Waals surface area contributed by atoms with Crippen LogP contribution in [0.1, 0.15) is 53.2 Å². The third-order valence-corrected chi connectivity index (χ3v) is 7.04. The van der Waals surface area contributed by atoms with Gasteiger partial charge >= 0.3 is 11.7 Å². The van der Waals surface area contributed by atoms with Crippen LogP contribution in [0.25, 0.3) is 0 Å². The molecule has 3 aliphatic heterocycles. The van der Waals surface area contributed by atoms with E-state index in [4.69, 9.17) is 20.9 Å². The second-order valence-electron chi connectivity index (χ2n) is 9.38. The molecule has 5 N–H and O–H groups in total. The Bertz CT molecular complexity index is 996. The number of alkyl halides is 4. The van der Waals surface area contributed by atoms with Gasteiger partial charge in [0.05, 0.1) is 30.2 Å². The number of nitrogens with one attached hydrogen (secondary N) is 1. The highest BCUT2D eigenvalue weighted by atomic mass is 19.3. The molecule has 36 heavy (non-hydrogen) atoms. The number of carbonyl (C=O) groups excluding carboxylic acids is 1. The van der Waals surface area contributed by atoms with Crippen LogP contribution in [0.4, 0.5) is 28.2 Å². The number of rotatable bonds is 4. The number of urea groups is 1. The molecule has 10 nitrogen and oxygen atoms in total. The van der Waals surface area contributed by atoms with E-state index in [1.165, 1.54) is 26.1 Å². The van der Waals surface area contributed by atoms with E-state index >= 15 is 0 Å². The average Bonchev–Trinajstić information content (AvgIpc) is 3.17. The number of anilines is 1. The average molecular weight is 523 g/mol. The largest absolute Gasteiger partial charge is 0.383 e. The van der Waals surface area contributed by atoms with Gasteiger partial charge in [0, 0.05) is 12.7 Å². The summed E-state index contributed by atoms with van der Waals surface area (Å²) in [7, 11) is 0. The van der Waals surface area contributed by atoms with Crippen LogP contribution in [0.3, 0.4) is 0 Å². The van der Waals surface area contributed by atoms with Crippen LogP contribution in [-0.2, 0) is 9.47 Å². The molecule has 0 spiro atoms. The Balaban J connectivity index is 0.000000201. The molecule has 0 saturated carbocycles. The molecule has 0 radical (unpaired) electrons. The fourth-order valence-corrected chi connectivity index (χ4v) is 4.65. The van der Waals surface area contributed by atoms with Gasteiger partial charge in [-0.15, -0.1) is 0 Å². The molecule has 14 heteroatoms. The Morgan fingerprint density at radius 2 is 1.58 bits per heavy atom. The van der Waals surface area contributed by atoms with E-state index in [2.05, 4.69) is 10.3 Å². The monoisotopic (exact) mass is 522 g/mol. The molecule has 2 amide bonds. The fourth-order valence-electron chi connectivity index (χ4n) is 4.65. The van der Waals surface area contributed by atoms with Gasteiger partial charge in [-0.3, -0.25) is 9.47 Å². The second kappa shape index (κ2) is 10.5. The highest BCUT2D eigenvalue weighted by Crippen LogP contribution is 2.47. The van der Waals surface area contributed by atoms with Crippen LogP contribution in [0.15, 0.2) is 17.1 Å². The van der Waals surface area contributed by atoms with Crippen molar-refractivity contribution in [2.45, 2.75) is 89.6 Å². The Kier molecular flexibility index (Phi) is 8.20. The molecule has 7 atom stereocenters. The lowest BCUT2D eigenvalue weighted by molar-refractivity contribution is -0.145. The van der Waals surface area contributed by atoms with Crippen molar-refractivity contribution in [1.29, 1.82) is 0 Å². The van der Waals surface area contributed by atoms with E-state index in [1.807, 2.05) is 0 Å². The van der Waals surface area contributed by atoms with Crippen LogP contribution in [-0.4, -0.2) is 63.5 Å². The van der Waals surface area contributed by atoms with Crippen molar-refractivity contribution in [2.75, 3.05) is 12.3 Å². The third-order valence-electron chi connectivity index (χ3n) is 7.04. The van der Waals surface area contributed by atoms with Gasteiger partial charge in [0.2, 0.25) is 6.23 Å². The maximum Gasteiger partial charge on any atom is 0.351 e. The van der Waals surface area contributed by atoms with Crippen molar-refractivity contribution in [2.24, 2.45) is 17.6 Å². The molecule has 1 unspecified atom stereocenters. The van der Waals surface area contributed by atoms with Crippen LogP contribution >= 0.6 is 0 Å². The molecular weight excluding hydrogens is 488 g/mol. The summed E-state index contributed by atoms with van der Waals surface area (Å²) >= 11 is 0. The van der Waals surface area contributed by atoms with Crippen molar-refractivity contribution in [3.63, 3.8) is 0 Å². The second-order valence-corrected chi connectivity index (χ2v) is 9.38. The number of hydrogen-bond acceptors (Lipinski definition) is 7. The van der Waals surface area contributed by atoms with Gasteiger partial charge in [-0.2, -0.15) is 4.98 Å². The molecule has 1 aromatic rings. The molecule has 3 fully saturated rings. The fraction of sp³-hybridized carbons (Fsp3) is 0.773. The first kappa shape index (κ1) is 28.1. The molecule has 0 aliphatic carbocycles. The maximum absolute atomic E-state index is 14.1. The first-order chi connectivity index (χ1) is 16.7. The van der Waals surface area contributed by atoms with E-state index in [-0.39, 0.29) is 12.4 Å². The van der Waals surface area contributed by atoms with Gasteiger partial charge in [0.1, 0.15) is 5.82 Å². The molecule has 0 bridgehead atoms. The molecule has 4 rings (SSSR count). The summed E-state index contributed by atoms with van der Waals surface area (Å²) in [6, 6.07) is 0.715. The number of ether oxygens (including phenoxy) is 2. The summed E-state index contributed by atoms with van der Waals surface area (Å²) in [5.41, 5.74) is 10.0. The van der Waals surface area contributed by atoms with E-state index in [0.29, 0.717) is 19.3 Å². The highest BCUT2D eigenvalue weighted by Gasteiger charge is 2.59. The number of hydrogen-bond donors (Lipinski definition) is 3. The molecule has 1 aromatic heterocycles. The zero-order valence-corrected chi connectivity index (χ0v) is 20.7. The van der Waals surface area contributed by atoms with Gasteiger partial charge < -0.3 is 26.3 Å². The quantitative estimate of drug-likeness (QED) is 0.517. The van der Waals surface area contributed by atoms with Crippen molar-refractivity contribution < 1.29 is 31.8 Å². The van der Waals surface area contributed by atoms with Gasteiger partial charge in [-0.1, -0.05) is 27.7 Å². The Morgan fingerprint density at radius 3 is 2.06 bits per heavy atom. The minimum atomic E-state index is -3.11. The zero-order valence-electron chi connectivity index (χ0n) is 20.7. The SMILES string of the molecule is CC[C@H]1O[C@@H](N2CCC(N)NC2=O)C(F)(F)[C@@H]1C.CC[C@H]1O[C@@H](n2ccc(N)nc2=O)C(F)(F)[C@@H]1C. The summed E-state index contributed by atoms with van der Waals surface area (Å²) in [5.74, 6) is -7.98. The zero-order chi connectivity index (χ0) is 27.0. The van der Waals surface area contributed by atoms with Crippen LogP contribution < -0.4 is 22.5 Å². The lowest BCUT2D eigenvalue weighted by atomic mass is 9.97. The molecule has 3 saturated heterocycles. The lowest BCUT2D eigenvalue weighted by Gasteiger charge is -2.37. The van der Waals surface area contributed by atoms with Crippen molar-refractivity contribution in [3.05, 3.63) is 22.7 Å². The normalized spacial score (nSPS) is 35.2. The van der Waals surface area contributed by atoms with E-state index in [9.17, 15) is 27.2 Å². The van der Waals surface area contributed by atoms with Crippen molar-refractivity contribution in [3.8, 4) is 0 Å². The van der Waals surface area contributed by atoms with Crippen LogP contribution in [0.2, 0.25) is 0 Å². The van der Waals surface area contributed by atoms with Crippen molar-refractivity contribution >= 4 is 11.8 Å². The lowest BCUT2D eigenvalue weighted by Crippen LogP contribution is -2.61. The number of nitrogens with zero attached hydrogens (tertiary/aromatic N) is 3. The highest BCUT2D eigenvalue weighted by molar-refractivity contribution is 5.75. The van der Waals surface area contributed by atoms with Crippen LogP contribution in [0, 0.1) is 11.8 Å². The molecule has 4 heterocycles. The number of carbonyl (C=O) groups is 1. The smallest absolute Gasteiger partial charge is 0.351 e. The van der Waals surface area contributed by atoms with E-state index in [0.717, 1.165) is 9.47 Å². The summed E-state index contributed by atoms with van der Waals surface area (Å²) in [6.45, 7) is 6.64. The summed E-state index contributed by atoms with van der Waals surface area (Å²) in [5, 5.41) is 2.44. The van der Waals surface area contributed by atoms with Crippen LogP contribution in [0.5, 0.6) is 0 Å². The van der Waals surface area contributed by atoms with Gasteiger partial charge in [0.15, 0.2) is 6.23 Å². The molecule has 0 aromatic carbocycles. The van der Waals surface area contributed by atoms with Gasteiger partial charge in [-0.05, 0) is 25.3 Å². The standard InChI is InChI=1S/C11H19F2N3O2.C11H15F2N3O2/c2*1-3-7-6(2)11(12,13)9(18-7)16-5-4-8(14)15-10(16)17/h6-9H,3-5,14H2,1-2H3,(H,15,17);4-7,9H,3H2,1-2H3,(H2,14,15,17)/t6-,7-,8?,9-;6-,7-,9-/m11/s1. The minimum Gasteiger partial charge on any atom is -0.383 e. The predicted molar refractivity (Wildman–Crippen MR) is 122 cm³/mol. The number of aromatic nitrogens is 2. The molecular formula is C22H34F4N6O4. The summed E-state index contributed by atoms with van der Waals surface area (Å²) in [4.78, 5) is 27.8. The van der Waals surface area contributed by atoms with E-state index < -0.39 is 66.2 Å². The predicted octanol–water partition coefficient (Wildman–Crippen LogP) is 2.50. The summed E-state index contributed by atoms with van der Waals surface area (Å²) in [6.07, 6.45) is -2.07. The number of halogens is 4. The van der Waals surface area contributed by atoms with Crippen molar-refractivity contribution in [1.82, 2.24) is 19.8 Å². The van der Waals surface area contributed by atoms with E-state index in [1.54, 1.807) is 13.8 Å². The molecule has 204 valence electrons. The van der Waals surface area contributed by atoms with Gasteiger partial charge in [-0.25, -0.2) is 27.2 Å². The Morgan fingerprint density at radius 1 is 1.06 bits per heavy atom. The third kappa shape index (κ3) is 5.16. The first-order valence-corrected chi connectivity index (χ1v) is 12.0. The Labute approximate surface area is 206 Å². The first-order valence-electron chi connectivity index (χ1n) is 12.0. The summed E-state index contributed by atoms with van der Waals surface area (Å²) < 4.78 is 67.8. The minimum absolute atomic E-state index is 0.00217. The molecule has 3 aliphatic rings. The number of nitrogen functional groups attached to an aromatic ring is 1. The van der Waals surface area contributed by atoms with Gasteiger partial charge in [0.25, 0.3) is 11.8 Å². The Hall–Kier alpha value is -2.45.